The van der Waals surface area contributed by atoms with Crippen molar-refractivity contribution in [1.29, 1.82) is 0 Å². The van der Waals surface area contributed by atoms with E-state index in [4.69, 9.17) is 0 Å². The van der Waals surface area contributed by atoms with Gasteiger partial charge in [0.1, 0.15) is 0 Å². The molecule has 2 aromatic rings. The van der Waals surface area contributed by atoms with Crippen LogP contribution in [0.3, 0.4) is 0 Å². The van der Waals surface area contributed by atoms with Gasteiger partial charge < -0.3 is 0 Å². The van der Waals surface area contributed by atoms with Crippen molar-refractivity contribution in [2.45, 2.75) is 12.2 Å². The summed E-state index contributed by atoms with van der Waals surface area (Å²) in [4.78, 5) is 23.8. The summed E-state index contributed by atoms with van der Waals surface area (Å²) in [6.45, 7) is 1.39. The first-order valence-corrected chi connectivity index (χ1v) is 8.58. The van der Waals surface area contributed by atoms with E-state index in [0.29, 0.717) is 19.5 Å². The molecule has 2 aromatic heterocycles. The van der Waals surface area contributed by atoms with Crippen LogP contribution in [0, 0.1) is 0 Å². The van der Waals surface area contributed by atoms with Crippen LogP contribution in [0.5, 0.6) is 0 Å². The van der Waals surface area contributed by atoms with Gasteiger partial charge in [0.2, 0.25) is 5.91 Å². The number of carbonyl (C=O) groups excluding carboxylic acids is 1. The number of amidine groups is 1. The Morgan fingerprint density at radius 3 is 3.10 bits per heavy atom. The zero-order valence-electron chi connectivity index (χ0n) is 11.4. The summed E-state index contributed by atoms with van der Waals surface area (Å²) in [6.07, 6.45) is 4.07. The molecule has 1 amide bonds. The minimum Gasteiger partial charge on any atom is -0.289 e. The molecule has 0 bridgehead atoms. The van der Waals surface area contributed by atoms with Gasteiger partial charge >= 0.3 is 0 Å². The zero-order valence-corrected chi connectivity index (χ0v) is 13.1. The average molecular weight is 317 g/mol. The van der Waals surface area contributed by atoms with Gasteiger partial charge in [-0.15, -0.1) is 11.3 Å². The first-order chi connectivity index (χ1) is 10.3. The van der Waals surface area contributed by atoms with Gasteiger partial charge in [0.25, 0.3) is 0 Å². The standard InChI is InChI=1S/C15H15N3OS2/c19-14(9-13-4-2-8-20-13)18-7-6-17-15(18)21-11-12-3-1-5-16-10-12/h1-5,8,10H,6-7,9,11H2. The van der Waals surface area contributed by atoms with Gasteiger partial charge in [0.15, 0.2) is 5.17 Å². The Bertz CT molecular complexity index is 626. The molecule has 0 saturated heterocycles. The third-order valence-electron chi connectivity index (χ3n) is 3.10. The van der Waals surface area contributed by atoms with Gasteiger partial charge in [-0.2, -0.15) is 0 Å². The fourth-order valence-electron chi connectivity index (χ4n) is 2.07. The van der Waals surface area contributed by atoms with Crippen LogP contribution < -0.4 is 0 Å². The monoisotopic (exact) mass is 317 g/mol. The number of hydrogen-bond acceptors (Lipinski definition) is 5. The highest BCUT2D eigenvalue weighted by atomic mass is 32.2. The number of nitrogens with zero attached hydrogens (tertiary/aromatic N) is 3. The number of carbonyl (C=O) groups is 1. The minimum absolute atomic E-state index is 0.132. The lowest BCUT2D eigenvalue weighted by Crippen LogP contribution is -2.33. The third-order valence-corrected chi connectivity index (χ3v) is 5.06. The molecule has 0 fully saturated rings. The van der Waals surface area contributed by atoms with Crippen LogP contribution in [-0.4, -0.2) is 34.0 Å². The normalized spacial score (nSPS) is 14.3. The van der Waals surface area contributed by atoms with E-state index in [2.05, 4.69) is 9.98 Å². The number of aliphatic imine (C=N–C) groups is 1. The molecule has 0 radical (unpaired) electrons. The predicted octanol–water partition coefficient (Wildman–Crippen LogP) is 2.82. The molecule has 1 aliphatic heterocycles. The Hall–Kier alpha value is -1.66. The molecule has 0 aliphatic carbocycles. The second kappa shape index (κ2) is 6.87. The fourth-order valence-corrected chi connectivity index (χ4v) is 3.76. The van der Waals surface area contributed by atoms with Crippen molar-refractivity contribution in [3.8, 4) is 0 Å². The van der Waals surface area contributed by atoms with Crippen LogP contribution in [0.4, 0.5) is 0 Å². The maximum absolute atomic E-state index is 12.4. The van der Waals surface area contributed by atoms with Crippen LogP contribution in [-0.2, 0) is 17.0 Å². The first kappa shape index (κ1) is 14.3. The number of amides is 1. The largest absolute Gasteiger partial charge is 0.289 e. The molecule has 6 heteroatoms. The lowest BCUT2D eigenvalue weighted by Gasteiger charge is -2.17. The highest BCUT2D eigenvalue weighted by Crippen LogP contribution is 2.20. The van der Waals surface area contributed by atoms with Gasteiger partial charge in [-0.1, -0.05) is 23.9 Å². The Labute approximate surface area is 131 Å². The summed E-state index contributed by atoms with van der Waals surface area (Å²) in [5.74, 6) is 0.919. The molecular weight excluding hydrogens is 302 g/mol. The van der Waals surface area contributed by atoms with E-state index in [9.17, 15) is 4.79 Å². The lowest BCUT2D eigenvalue weighted by molar-refractivity contribution is -0.126. The van der Waals surface area contributed by atoms with Crippen molar-refractivity contribution in [3.63, 3.8) is 0 Å². The molecule has 0 atom stereocenters. The molecule has 0 spiro atoms. The van der Waals surface area contributed by atoms with E-state index in [0.717, 1.165) is 21.4 Å². The maximum atomic E-state index is 12.4. The highest BCUT2D eigenvalue weighted by molar-refractivity contribution is 8.13. The quantitative estimate of drug-likeness (QED) is 0.871. The van der Waals surface area contributed by atoms with E-state index in [1.807, 2.05) is 35.8 Å². The number of thiophene rings is 1. The number of pyridine rings is 1. The lowest BCUT2D eigenvalue weighted by atomic mass is 10.3. The summed E-state index contributed by atoms with van der Waals surface area (Å²) < 4.78 is 0. The van der Waals surface area contributed by atoms with Crippen LogP contribution in [0.15, 0.2) is 47.0 Å². The Morgan fingerprint density at radius 1 is 1.38 bits per heavy atom. The number of rotatable bonds is 4. The second-order valence-electron chi connectivity index (χ2n) is 4.62. The highest BCUT2D eigenvalue weighted by Gasteiger charge is 2.24. The molecule has 0 saturated carbocycles. The number of aromatic nitrogens is 1. The van der Waals surface area contributed by atoms with Crippen molar-refractivity contribution < 1.29 is 4.79 Å². The molecule has 21 heavy (non-hydrogen) atoms. The number of thioether (sulfide) groups is 1. The summed E-state index contributed by atoms with van der Waals surface area (Å²) in [6, 6.07) is 7.93. The molecule has 108 valence electrons. The minimum atomic E-state index is 0.132. The van der Waals surface area contributed by atoms with Crippen molar-refractivity contribution in [1.82, 2.24) is 9.88 Å². The molecular formula is C15H15N3OS2. The van der Waals surface area contributed by atoms with Gasteiger partial charge in [0, 0.05) is 29.6 Å². The number of hydrogen-bond donors (Lipinski definition) is 0. The molecule has 1 aliphatic rings. The Morgan fingerprint density at radius 2 is 2.33 bits per heavy atom. The van der Waals surface area contributed by atoms with Crippen molar-refractivity contribution in [2.24, 2.45) is 4.99 Å². The van der Waals surface area contributed by atoms with E-state index < -0.39 is 0 Å². The van der Waals surface area contributed by atoms with Crippen LogP contribution in [0.1, 0.15) is 10.4 Å². The van der Waals surface area contributed by atoms with E-state index >= 15 is 0 Å². The van der Waals surface area contributed by atoms with Gasteiger partial charge in [-0.3, -0.25) is 19.7 Å². The summed E-state index contributed by atoms with van der Waals surface area (Å²) >= 11 is 3.22. The molecule has 4 nitrogen and oxygen atoms in total. The second-order valence-corrected chi connectivity index (χ2v) is 6.59. The van der Waals surface area contributed by atoms with Crippen molar-refractivity contribution >= 4 is 34.2 Å². The van der Waals surface area contributed by atoms with Crippen LogP contribution in [0.2, 0.25) is 0 Å². The maximum Gasteiger partial charge on any atom is 0.233 e. The van der Waals surface area contributed by atoms with Crippen molar-refractivity contribution in [3.05, 3.63) is 52.5 Å². The average Bonchev–Trinajstić information content (AvgIpc) is 3.17. The Kier molecular flexibility index (Phi) is 4.67. The smallest absolute Gasteiger partial charge is 0.233 e. The first-order valence-electron chi connectivity index (χ1n) is 6.72. The topological polar surface area (TPSA) is 45.6 Å². The summed E-state index contributed by atoms with van der Waals surface area (Å²) in [5, 5.41) is 2.83. The van der Waals surface area contributed by atoms with Crippen LogP contribution in [0.25, 0.3) is 0 Å². The Balaban J connectivity index is 1.58. The van der Waals surface area contributed by atoms with E-state index in [-0.39, 0.29) is 5.91 Å². The van der Waals surface area contributed by atoms with Crippen LogP contribution >= 0.6 is 23.1 Å². The van der Waals surface area contributed by atoms with Gasteiger partial charge in [0.05, 0.1) is 13.0 Å². The SMILES string of the molecule is O=C(Cc1cccs1)N1CCN=C1SCc1cccnc1. The fraction of sp³-hybridized carbons (Fsp3) is 0.267. The third kappa shape index (κ3) is 3.71. The van der Waals surface area contributed by atoms with Gasteiger partial charge in [-0.25, -0.2) is 0 Å². The zero-order chi connectivity index (χ0) is 14.5. The van der Waals surface area contributed by atoms with Gasteiger partial charge in [-0.05, 0) is 23.1 Å². The molecule has 0 unspecified atom stereocenters. The molecule has 3 heterocycles. The molecule has 0 N–H and O–H groups in total. The predicted molar refractivity (Wildman–Crippen MR) is 87.6 cm³/mol. The summed E-state index contributed by atoms with van der Waals surface area (Å²) in [5.41, 5.74) is 1.14. The summed E-state index contributed by atoms with van der Waals surface area (Å²) in [7, 11) is 0. The molecule has 3 rings (SSSR count). The van der Waals surface area contributed by atoms with Crippen molar-refractivity contribution in [2.75, 3.05) is 13.1 Å². The van der Waals surface area contributed by atoms with E-state index in [1.165, 1.54) is 0 Å². The molecule has 0 aromatic carbocycles. The van der Waals surface area contributed by atoms with E-state index in [1.54, 1.807) is 34.2 Å².